The first kappa shape index (κ1) is 20.2. The highest BCUT2D eigenvalue weighted by atomic mass is 16.4. The van der Waals surface area contributed by atoms with Crippen molar-refractivity contribution < 1.29 is 4.42 Å². The zero-order valence-electron chi connectivity index (χ0n) is 19.1. The van der Waals surface area contributed by atoms with E-state index in [9.17, 15) is 0 Å². The topological polar surface area (TPSA) is 42.2 Å². The van der Waals surface area contributed by atoms with Crippen molar-refractivity contribution >= 4 is 0 Å². The van der Waals surface area contributed by atoms with Crippen LogP contribution in [0.3, 0.4) is 0 Å². The van der Waals surface area contributed by atoms with Gasteiger partial charge in [-0.3, -0.25) is 0 Å². The Labute approximate surface area is 191 Å². The molecule has 4 aliphatic rings. The predicted octanol–water partition coefficient (Wildman–Crippen LogP) is 5.47. The monoisotopic (exact) mass is 427 g/mol. The van der Waals surface area contributed by atoms with Crippen LogP contribution in [0.1, 0.15) is 72.6 Å². The third-order valence-electron chi connectivity index (χ3n) is 8.34. The molecular formula is C28H33N3O. The molecule has 2 bridgehead atoms. The van der Waals surface area contributed by atoms with Crippen LogP contribution in [0.4, 0.5) is 0 Å². The van der Waals surface area contributed by atoms with Crippen molar-refractivity contribution in [2.75, 3.05) is 13.1 Å². The van der Waals surface area contributed by atoms with Gasteiger partial charge in [-0.2, -0.15) is 0 Å². The van der Waals surface area contributed by atoms with Crippen LogP contribution in [0.5, 0.6) is 0 Å². The number of aromatic nitrogens is 2. The average molecular weight is 428 g/mol. The molecule has 4 nitrogen and oxygen atoms in total. The van der Waals surface area contributed by atoms with Gasteiger partial charge in [0.15, 0.2) is 0 Å². The summed E-state index contributed by atoms with van der Waals surface area (Å²) in [6.07, 6.45) is 9.90. The molecule has 2 aliphatic carbocycles. The summed E-state index contributed by atoms with van der Waals surface area (Å²) in [4.78, 5) is 2.77. The molecule has 3 heterocycles. The van der Waals surface area contributed by atoms with Crippen LogP contribution >= 0.6 is 0 Å². The lowest BCUT2D eigenvalue weighted by Gasteiger charge is -2.47. The van der Waals surface area contributed by atoms with Gasteiger partial charge in [-0.25, -0.2) is 0 Å². The van der Waals surface area contributed by atoms with Crippen LogP contribution in [-0.2, 0) is 18.3 Å². The molecule has 4 heteroatoms. The molecule has 0 spiro atoms. The molecule has 0 amide bonds. The Morgan fingerprint density at radius 2 is 1.56 bits per heavy atom. The fourth-order valence-electron chi connectivity index (χ4n) is 6.76. The van der Waals surface area contributed by atoms with Crippen molar-refractivity contribution in [3.8, 4) is 0 Å². The van der Waals surface area contributed by atoms with Crippen LogP contribution < -0.4 is 0 Å². The average Bonchev–Trinajstić information content (AvgIpc) is 3.27. The van der Waals surface area contributed by atoms with Crippen LogP contribution in [0.25, 0.3) is 0 Å². The summed E-state index contributed by atoms with van der Waals surface area (Å²) in [7, 11) is 0. The van der Waals surface area contributed by atoms with E-state index in [1.807, 2.05) is 6.92 Å². The first-order valence-electron chi connectivity index (χ1n) is 12.5. The van der Waals surface area contributed by atoms with Gasteiger partial charge in [-0.15, -0.1) is 10.2 Å². The van der Waals surface area contributed by atoms with E-state index in [-0.39, 0.29) is 0 Å². The van der Waals surface area contributed by atoms with E-state index in [1.54, 1.807) is 0 Å². The van der Waals surface area contributed by atoms with Gasteiger partial charge in [0.05, 0.1) is 0 Å². The summed E-state index contributed by atoms with van der Waals surface area (Å²) in [5.74, 6) is 2.30. The Bertz CT molecular complexity index is 1050. The van der Waals surface area contributed by atoms with Gasteiger partial charge in [0, 0.05) is 26.1 Å². The van der Waals surface area contributed by atoms with E-state index in [4.69, 9.17) is 4.42 Å². The third-order valence-corrected chi connectivity index (χ3v) is 8.34. The fourth-order valence-corrected chi connectivity index (χ4v) is 6.76. The fraction of sp³-hybridized carbons (Fsp3) is 0.500. The maximum atomic E-state index is 6.30. The minimum Gasteiger partial charge on any atom is -0.424 e. The predicted molar refractivity (Wildman–Crippen MR) is 126 cm³/mol. The molecule has 0 unspecified atom stereocenters. The molecule has 0 N–H and O–H groups in total. The van der Waals surface area contributed by atoms with Gasteiger partial charge in [-0.05, 0) is 79.5 Å². The maximum absolute atomic E-state index is 6.30. The zero-order valence-corrected chi connectivity index (χ0v) is 19.1. The molecular weight excluding hydrogens is 394 g/mol. The lowest BCUT2D eigenvalue weighted by atomic mass is 9.66. The third kappa shape index (κ3) is 3.31. The number of nitrogens with zero attached hydrogens (tertiary/aromatic N) is 3. The molecule has 2 aliphatic heterocycles. The number of rotatable bonds is 4. The van der Waals surface area contributed by atoms with Gasteiger partial charge in [-0.1, -0.05) is 48.5 Å². The first-order chi connectivity index (χ1) is 15.7. The quantitative estimate of drug-likeness (QED) is 0.554. The molecule has 3 aromatic rings. The second kappa shape index (κ2) is 8.15. The van der Waals surface area contributed by atoms with Crippen LogP contribution in [0, 0.1) is 12.8 Å². The minimum absolute atomic E-state index is 0.397. The standard InChI is InChI=1S/C28H33N3O/c1-20-29-30-27(32-20)28(17-18-31-19-21-13-15-24(31)16-14-21)25-11-4-2-7-22(25)9-6-10-23-8-3-5-12-26(23)28/h2-5,7-8,11-12,21,24H,6,9-10,13-19H2,1H3. The number of hydrogen-bond donors (Lipinski definition) is 0. The lowest BCUT2D eigenvalue weighted by molar-refractivity contribution is 0.0444. The highest BCUT2D eigenvalue weighted by Gasteiger charge is 2.45. The second-order valence-corrected chi connectivity index (χ2v) is 10.1. The van der Waals surface area contributed by atoms with Crippen molar-refractivity contribution in [2.24, 2.45) is 5.92 Å². The Hall–Kier alpha value is -2.46. The van der Waals surface area contributed by atoms with E-state index in [0.29, 0.717) is 5.89 Å². The normalized spacial score (nSPS) is 24.4. The lowest BCUT2D eigenvalue weighted by Crippen LogP contribution is -2.49. The minimum atomic E-state index is -0.397. The van der Waals surface area contributed by atoms with Crippen molar-refractivity contribution in [1.82, 2.24) is 15.1 Å². The van der Waals surface area contributed by atoms with Gasteiger partial charge in [0.1, 0.15) is 5.41 Å². The largest absolute Gasteiger partial charge is 0.424 e. The molecule has 166 valence electrons. The number of benzene rings is 2. The number of aryl methyl sites for hydroxylation is 3. The zero-order chi connectivity index (χ0) is 21.5. The molecule has 7 rings (SSSR count). The highest BCUT2D eigenvalue weighted by Crippen LogP contribution is 2.47. The second-order valence-electron chi connectivity index (χ2n) is 10.1. The SMILES string of the molecule is Cc1nnc(C2(CCN3CC4CCC3CC4)c3ccccc3CCCc3ccccc32)o1. The molecule has 32 heavy (non-hydrogen) atoms. The summed E-state index contributed by atoms with van der Waals surface area (Å²) in [6.45, 7) is 4.24. The summed E-state index contributed by atoms with van der Waals surface area (Å²) in [6, 6.07) is 18.7. The number of hydrogen-bond acceptors (Lipinski definition) is 4. The molecule has 2 aromatic carbocycles. The van der Waals surface area contributed by atoms with E-state index in [0.717, 1.165) is 43.7 Å². The van der Waals surface area contributed by atoms with E-state index < -0.39 is 5.41 Å². The molecule has 0 atom stereocenters. The van der Waals surface area contributed by atoms with Crippen molar-refractivity contribution in [3.63, 3.8) is 0 Å². The van der Waals surface area contributed by atoms with Crippen LogP contribution in [0.2, 0.25) is 0 Å². The molecule has 1 saturated carbocycles. The summed E-state index contributed by atoms with van der Waals surface area (Å²) in [5, 5.41) is 9.00. The Morgan fingerprint density at radius 1 is 0.906 bits per heavy atom. The molecule has 2 saturated heterocycles. The van der Waals surface area contributed by atoms with E-state index in [1.165, 1.54) is 60.9 Å². The van der Waals surface area contributed by atoms with Gasteiger partial charge in [0.25, 0.3) is 0 Å². The van der Waals surface area contributed by atoms with E-state index >= 15 is 0 Å². The maximum Gasteiger partial charge on any atom is 0.231 e. The molecule has 1 aromatic heterocycles. The van der Waals surface area contributed by atoms with Crippen LogP contribution in [0.15, 0.2) is 52.9 Å². The van der Waals surface area contributed by atoms with Crippen LogP contribution in [-0.4, -0.2) is 34.2 Å². The Morgan fingerprint density at radius 3 is 2.12 bits per heavy atom. The van der Waals surface area contributed by atoms with E-state index in [2.05, 4.69) is 63.6 Å². The summed E-state index contributed by atoms with van der Waals surface area (Å²) in [5.41, 5.74) is 5.18. The Kier molecular flexibility index (Phi) is 5.14. The number of fused-ring (bicyclic) bond motifs is 5. The number of piperidine rings is 2. The van der Waals surface area contributed by atoms with Crippen molar-refractivity contribution in [1.29, 1.82) is 0 Å². The van der Waals surface area contributed by atoms with Crippen molar-refractivity contribution in [2.45, 2.75) is 69.7 Å². The summed E-state index contributed by atoms with van der Waals surface area (Å²) < 4.78 is 6.30. The van der Waals surface area contributed by atoms with Gasteiger partial charge in [0.2, 0.25) is 11.8 Å². The Balaban J connectivity index is 1.52. The highest BCUT2D eigenvalue weighted by molar-refractivity contribution is 5.52. The first-order valence-corrected chi connectivity index (χ1v) is 12.5. The van der Waals surface area contributed by atoms with Gasteiger partial charge >= 0.3 is 0 Å². The van der Waals surface area contributed by atoms with Gasteiger partial charge < -0.3 is 9.32 Å². The smallest absolute Gasteiger partial charge is 0.231 e. The van der Waals surface area contributed by atoms with Crippen molar-refractivity contribution in [3.05, 3.63) is 82.6 Å². The summed E-state index contributed by atoms with van der Waals surface area (Å²) >= 11 is 0. The molecule has 3 fully saturated rings. The molecule has 0 radical (unpaired) electrons.